The van der Waals surface area contributed by atoms with Gasteiger partial charge in [0.1, 0.15) is 5.75 Å². The van der Waals surface area contributed by atoms with E-state index >= 15 is 0 Å². The fourth-order valence-corrected chi connectivity index (χ4v) is 1.47. The van der Waals surface area contributed by atoms with Gasteiger partial charge >= 0.3 is 5.69 Å². The van der Waals surface area contributed by atoms with Gasteiger partial charge in [-0.1, -0.05) is 6.07 Å². The van der Waals surface area contributed by atoms with E-state index in [-0.39, 0.29) is 5.69 Å². The zero-order valence-electron chi connectivity index (χ0n) is 8.65. The van der Waals surface area contributed by atoms with Crippen LogP contribution in [0.15, 0.2) is 35.3 Å². The normalized spacial score (nSPS) is 10.3. The molecule has 0 aliphatic carbocycles. The first kappa shape index (κ1) is 9.58. The van der Waals surface area contributed by atoms with Crippen molar-refractivity contribution in [3.05, 3.63) is 46.6 Å². The van der Waals surface area contributed by atoms with Crippen LogP contribution in [-0.4, -0.2) is 16.7 Å². The Morgan fingerprint density at radius 1 is 1.40 bits per heavy atom. The number of methoxy groups -OCH3 is 1. The van der Waals surface area contributed by atoms with Gasteiger partial charge in [0.2, 0.25) is 0 Å². The number of H-pyrrole nitrogens is 1. The summed E-state index contributed by atoms with van der Waals surface area (Å²) in [5, 5.41) is 0. The predicted molar refractivity (Wildman–Crippen MR) is 57.7 cm³/mol. The fourth-order valence-electron chi connectivity index (χ4n) is 1.47. The number of rotatable bonds is 2. The van der Waals surface area contributed by atoms with Gasteiger partial charge in [0, 0.05) is 18.0 Å². The highest BCUT2D eigenvalue weighted by molar-refractivity contribution is 5.39. The lowest BCUT2D eigenvalue weighted by atomic mass is 10.3. The third-order valence-electron chi connectivity index (χ3n) is 2.18. The van der Waals surface area contributed by atoms with Crippen LogP contribution in [0.3, 0.4) is 0 Å². The molecule has 0 unspecified atom stereocenters. The molecule has 1 aromatic carbocycles. The molecule has 0 aliphatic heterocycles. The highest BCUT2D eigenvalue weighted by Crippen LogP contribution is 2.14. The molecule has 1 N–H and O–H groups in total. The number of hydrogen-bond acceptors (Lipinski definition) is 2. The van der Waals surface area contributed by atoms with Gasteiger partial charge in [0.25, 0.3) is 0 Å². The molecule has 0 fully saturated rings. The third kappa shape index (κ3) is 1.79. The summed E-state index contributed by atoms with van der Waals surface area (Å²) in [6.07, 6.45) is 1.76. The second-order valence-corrected chi connectivity index (χ2v) is 3.31. The third-order valence-corrected chi connectivity index (χ3v) is 2.18. The van der Waals surface area contributed by atoms with Crippen LogP contribution in [0.5, 0.6) is 5.75 Å². The Kier molecular flexibility index (Phi) is 2.33. The second kappa shape index (κ2) is 3.65. The van der Waals surface area contributed by atoms with E-state index in [0.29, 0.717) is 0 Å². The molecule has 0 aliphatic rings. The number of nitrogens with zero attached hydrogens (tertiary/aromatic N) is 1. The van der Waals surface area contributed by atoms with E-state index in [1.165, 1.54) is 0 Å². The minimum atomic E-state index is -0.138. The van der Waals surface area contributed by atoms with E-state index in [1.54, 1.807) is 17.9 Å². The van der Waals surface area contributed by atoms with Crippen molar-refractivity contribution >= 4 is 0 Å². The van der Waals surface area contributed by atoms with Gasteiger partial charge in [-0.2, -0.15) is 0 Å². The number of nitrogens with one attached hydrogen (secondary N) is 1. The minimum Gasteiger partial charge on any atom is -0.497 e. The van der Waals surface area contributed by atoms with Crippen molar-refractivity contribution in [3.63, 3.8) is 0 Å². The van der Waals surface area contributed by atoms with E-state index < -0.39 is 0 Å². The molecule has 4 heteroatoms. The van der Waals surface area contributed by atoms with E-state index in [4.69, 9.17) is 4.74 Å². The van der Waals surface area contributed by atoms with Crippen molar-refractivity contribution in [2.45, 2.75) is 6.92 Å². The molecule has 1 aromatic heterocycles. The topological polar surface area (TPSA) is 47.0 Å². The van der Waals surface area contributed by atoms with Gasteiger partial charge < -0.3 is 9.72 Å². The van der Waals surface area contributed by atoms with Crippen molar-refractivity contribution in [2.24, 2.45) is 0 Å². The number of benzene rings is 1. The maximum absolute atomic E-state index is 11.5. The number of aryl methyl sites for hydroxylation is 1. The molecular weight excluding hydrogens is 192 g/mol. The summed E-state index contributed by atoms with van der Waals surface area (Å²) in [6.45, 7) is 1.85. The monoisotopic (exact) mass is 204 g/mol. The van der Waals surface area contributed by atoms with Crippen molar-refractivity contribution in [2.75, 3.05) is 7.11 Å². The summed E-state index contributed by atoms with van der Waals surface area (Å²) in [5.41, 5.74) is 1.49. The maximum Gasteiger partial charge on any atom is 0.330 e. The molecule has 0 spiro atoms. The smallest absolute Gasteiger partial charge is 0.330 e. The first-order valence-corrected chi connectivity index (χ1v) is 4.63. The number of aromatic amines is 1. The molecule has 4 nitrogen and oxygen atoms in total. The van der Waals surface area contributed by atoms with Crippen molar-refractivity contribution in [1.29, 1.82) is 0 Å². The van der Waals surface area contributed by atoms with Crippen molar-refractivity contribution < 1.29 is 4.74 Å². The minimum absolute atomic E-state index is 0.138. The average Bonchev–Trinajstić information content (AvgIpc) is 2.58. The van der Waals surface area contributed by atoms with E-state index in [0.717, 1.165) is 17.1 Å². The first-order valence-electron chi connectivity index (χ1n) is 4.63. The van der Waals surface area contributed by atoms with Gasteiger partial charge in [-0.3, -0.25) is 4.57 Å². The number of imidazole rings is 1. The number of ether oxygens (including phenoxy) is 1. The molecule has 0 atom stereocenters. The molecule has 0 saturated carbocycles. The number of hydrogen-bond donors (Lipinski definition) is 1. The van der Waals surface area contributed by atoms with Crippen LogP contribution in [0, 0.1) is 6.92 Å². The maximum atomic E-state index is 11.5. The van der Waals surface area contributed by atoms with Crippen LogP contribution < -0.4 is 10.4 Å². The number of aromatic nitrogens is 2. The molecule has 0 radical (unpaired) electrons. The summed E-state index contributed by atoms with van der Waals surface area (Å²) in [4.78, 5) is 14.2. The Bertz CT molecular complexity index is 525. The molecule has 78 valence electrons. The van der Waals surface area contributed by atoms with Crippen LogP contribution in [0.4, 0.5) is 0 Å². The van der Waals surface area contributed by atoms with E-state index in [9.17, 15) is 4.79 Å². The molecule has 0 bridgehead atoms. The van der Waals surface area contributed by atoms with Crippen molar-refractivity contribution in [1.82, 2.24) is 9.55 Å². The Balaban J connectivity index is 2.53. The van der Waals surface area contributed by atoms with Gasteiger partial charge in [0.15, 0.2) is 0 Å². The van der Waals surface area contributed by atoms with Gasteiger partial charge in [-0.15, -0.1) is 0 Å². The van der Waals surface area contributed by atoms with Gasteiger partial charge in [-0.05, 0) is 19.1 Å². The largest absolute Gasteiger partial charge is 0.497 e. The predicted octanol–water partition coefficient (Wildman–Crippen LogP) is 1.48. The van der Waals surface area contributed by atoms with Crippen LogP contribution in [0.1, 0.15) is 5.69 Å². The molecule has 2 rings (SSSR count). The first-order chi connectivity index (χ1) is 7.20. The lowest BCUT2D eigenvalue weighted by Crippen LogP contribution is -2.13. The molecule has 2 aromatic rings. The Morgan fingerprint density at radius 2 is 2.20 bits per heavy atom. The Labute approximate surface area is 87.1 Å². The standard InChI is InChI=1S/C11H12N2O2/c1-8-7-13(11(14)12-8)9-4-3-5-10(6-9)15-2/h3-7H,1-2H3,(H,12,14). The fraction of sp³-hybridized carbons (Fsp3) is 0.182. The highest BCUT2D eigenvalue weighted by Gasteiger charge is 2.02. The van der Waals surface area contributed by atoms with E-state index in [2.05, 4.69) is 4.98 Å². The van der Waals surface area contributed by atoms with Crippen molar-refractivity contribution in [3.8, 4) is 11.4 Å². The van der Waals surface area contributed by atoms with Crippen LogP contribution >= 0.6 is 0 Å². The summed E-state index contributed by atoms with van der Waals surface area (Å²) in [6, 6.07) is 7.36. The Hall–Kier alpha value is -1.97. The lowest BCUT2D eigenvalue weighted by molar-refractivity contribution is 0.414. The SMILES string of the molecule is COc1cccc(-n2cc(C)[nH]c2=O)c1. The zero-order valence-corrected chi connectivity index (χ0v) is 8.65. The van der Waals surface area contributed by atoms with E-state index in [1.807, 2.05) is 31.2 Å². The molecule has 15 heavy (non-hydrogen) atoms. The van der Waals surface area contributed by atoms with Gasteiger partial charge in [0.05, 0.1) is 12.8 Å². The highest BCUT2D eigenvalue weighted by atomic mass is 16.5. The lowest BCUT2D eigenvalue weighted by Gasteiger charge is -2.03. The summed E-state index contributed by atoms with van der Waals surface area (Å²) < 4.78 is 6.65. The summed E-state index contributed by atoms with van der Waals surface area (Å²) in [5.74, 6) is 0.734. The molecule has 1 heterocycles. The van der Waals surface area contributed by atoms with Crippen LogP contribution in [0.25, 0.3) is 5.69 Å². The molecular formula is C11H12N2O2. The zero-order chi connectivity index (χ0) is 10.8. The quantitative estimate of drug-likeness (QED) is 0.805. The van der Waals surface area contributed by atoms with Gasteiger partial charge in [-0.25, -0.2) is 4.79 Å². The summed E-state index contributed by atoms with van der Waals surface area (Å²) >= 11 is 0. The second-order valence-electron chi connectivity index (χ2n) is 3.31. The van der Waals surface area contributed by atoms with Crippen LogP contribution in [0.2, 0.25) is 0 Å². The summed E-state index contributed by atoms with van der Waals surface area (Å²) in [7, 11) is 1.60. The molecule has 0 saturated heterocycles. The average molecular weight is 204 g/mol. The van der Waals surface area contributed by atoms with Crippen LogP contribution in [-0.2, 0) is 0 Å². The molecule has 0 amide bonds. The Morgan fingerprint density at radius 3 is 2.80 bits per heavy atom.